The third kappa shape index (κ3) is 5.18. The lowest BCUT2D eigenvalue weighted by atomic mass is 9.94. The van der Waals surface area contributed by atoms with E-state index in [1.165, 1.54) is 37.5 Å². The molecule has 1 atom stereocenters. The molecule has 0 amide bonds. The van der Waals surface area contributed by atoms with Crippen LogP contribution < -0.4 is 0 Å². The first-order valence-corrected chi connectivity index (χ1v) is 9.02. The second-order valence-corrected chi connectivity index (χ2v) is 7.42. The number of allylic oxidation sites excluding steroid dienone is 1. The van der Waals surface area contributed by atoms with Gasteiger partial charge in [0.15, 0.2) is 11.8 Å². The van der Waals surface area contributed by atoms with Crippen LogP contribution in [0, 0.1) is 0 Å². The van der Waals surface area contributed by atoms with Gasteiger partial charge in [-0.1, -0.05) is 30.3 Å². The van der Waals surface area contributed by atoms with Crippen molar-refractivity contribution in [2.75, 3.05) is 14.2 Å². The summed E-state index contributed by atoms with van der Waals surface area (Å²) in [5, 5.41) is 0. The van der Waals surface area contributed by atoms with Crippen molar-refractivity contribution in [1.82, 2.24) is 4.90 Å². The third-order valence-electron chi connectivity index (χ3n) is 5.02. The van der Waals surface area contributed by atoms with Crippen LogP contribution in [0.2, 0.25) is 0 Å². The molecule has 1 heterocycles. The zero-order valence-electron chi connectivity index (χ0n) is 16.2. The van der Waals surface area contributed by atoms with Crippen LogP contribution in [0.25, 0.3) is 0 Å². The molecule has 1 aromatic rings. The number of ketones is 1. The number of methoxy groups -OCH3 is 1. The van der Waals surface area contributed by atoms with Crippen LogP contribution in [0.3, 0.4) is 0 Å². The fraction of sp³-hybridized carbons (Fsp3) is 0.524. The minimum absolute atomic E-state index is 0.0562. The Bertz CT molecular complexity index is 645. The fourth-order valence-electron chi connectivity index (χ4n) is 2.94. The van der Waals surface area contributed by atoms with E-state index >= 15 is 0 Å². The topological polar surface area (TPSA) is 55.8 Å². The summed E-state index contributed by atoms with van der Waals surface area (Å²) in [4.78, 5) is 24.5. The largest absolute Gasteiger partial charge is 0.497 e. The van der Waals surface area contributed by atoms with Crippen molar-refractivity contribution in [1.29, 1.82) is 0 Å². The van der Waals surface area contributed by atoms with E-state index in [1.807, 2.05) is 38.3 Å². The number of benzene rings is 1. The SMILES string of the molecule is C(OCc1ccccc1)=C1CCC1.COC(=O)C1C(=O)CC(C)(C)N1C. The molecule has 1 saturated heterocycles. The van der Waals surface area contributed by atoms with Gasteiger partial charge in [0.2, 0.25) is 0 Å². The van der Waals surface area contributed by atoms with E-state index < -0.39 is 12.0 Å². The van der Waals surface area contributed by atoms with E-state index in [9.17, 15) is 9.59 Å². The van der Waals surface area contributed by atoms with E-state index in [2.05, 4.69) is 16.9 Å². The number of carbonyl (C=O) groups excluding carboxylic acids is 2. The van der Waals surface area contributed by atoms with Crippen LogP contribution in [0.5, 0.6) is 0 Å². The first-order valence-electron chi connectivity index (χ1n) is 9.02. The first-order chi connectivity index (χ1) is 12.3. The van der Waals surface area contributed by atoms with Crippen molar-refractivity contribution in [3.63, 3.8) is 0 Å². The van der Waals surface area contributed by atoms with Crippen molar-refractivity contribution < 1.29 is 19.1 Å². The summed E-state index contributed by atoms with van der Waals surface area (Å²) >= 11 is 0. The quantitative estimate of drug-likeness (QED) is 0.468. The maximum Gasteiger partial charge on any atom is 0.330 e. The van der Waals surface area contributed by atoms with Gasteiger partial charge in [-0.3, -0.25) is 9.69 Å². The Morgan fingerprint density at radius 3 is 2.38 bits per heavy atom. The maximum absolute atomic E-state index is 11.5. The summed E-state index contributed by atoms with van der Waals surface area (Å²) in [6.07, 6.45) is 6.13. The molecular weight excluding hydrogens is 330 g/mol. The molecule has 0 N–H and O–H groups in total. The van der Waals surface area contributed by atoms with Gasteiger partial charge in [-0.05, 0) is 51.3 Å². The molecule has 142 valence electrons. The van der Waals surface area contributed by atoms with Gasteiger partial charge in [0, 0.05) is 12.0 Å². The Balaban J connectivity index is 0.000000187. The molecular formula is C21H29NO4. The summed E-state index contributed by atoms with van der Waals surface area (Å²) in [6, 6.07) is 9.55. The standard InChI is InChI=1S/C12H14O.C9H15NO3/c1-2-5-11(6-3-1)9-13-10-12-7-4-8-12;1-9(2)5-6(11)7(10(9)3)8(12)13-4/h1-3,5-6,10H,4,7-9H2;7H,5H2,1-4H3. The third-order valence-corrected chi connectivity index (χ3v) is 5.02. The summed E-state index contributed by atoms with van der Waals surface area (Å²) in [7, 11) is 3.07. The lowest BCUT2D eigenvalue weighted by Crippen LogP contribution is -2.44. The first kappa shape index (κ1) is 20.2. The molecule has 0 spiro atoms. The van der Waals surface area contributed by atoms with Crippen LogP contribution >= 0.6 is 0 Å². The van der Waals surface area contributed by atoms with Gasteiger partial charge in [-0.2, -0.15) is 0 Å². The number of carbonyl (C=O) groups is 2. The van der Waals surface area contributed by atoms with Crippen molar-refractivity contribution in [2.24, 2.45) is 0 Å². The molecule has 2 fully saturated rings. The molecule has 0 aromatic heterocycles. The second kappa shape index (κ2) is 8.99. The number of esters is 1. The van der Waals surface area contributed by atoms with E-state index in [-0.39, 0.29) is 11.3 Å². The molecule has 2 aliphatic rings. The van der Waals surface area contributed by atoms with Crippen LogP contribution in [-0.4, -0.2) is 42.4 Å². The van der Waals surface area contributed by atoms with E-state index in [0.29, 0.717) is 13.0 Å². The van der Waals surface area contributed by atoms with Crippen molar-refractivity contribution in [2.45, 2.75) is 57.7 Å². The van der Waals surface area contributed by atoms with Crippen molar-refractivity contribution >= 4 is 11.8 Å². The monoisotopic (exact) mass is 359 g/mol. The number of hydrogen-bond donors (Lipinski definition) is 0. The Labute approximate surface area is 156 Å². The van der Waals surface area contributed by atoms with Gasteiger partial charge in [0.1, 0.15) is 6.61 Å². The molecule has 1 unspecified atom stereocenters. The Morgan fingerprint density at radius 2 is 1.92 bits per heavy atom. The van der Waals surface area contributed by atoms with E-state index in [1.54, 1.807) is 11.9 Å². The highest BCUT2D eigenvalue weighted by atomic mass is 16.5. The van der Waals surface area contributed by atoms with Crippen molar-refractivity contribution in [3.8, 4) is 0 Å². The Kier molecular flexibility index (Phi) is 6.98. The van der Waals surface area contributed by atoms with E-state index in [4.69, 9.17) is 4.74 Å². The van der Waals surface area contributed by atoms with Gasteiger partial charge in [0.25, 0.3) is 0 Å². The molecule has 0 radical (unpaired) electrons. The zero-order chi connectivity index (χ0) is 19.2. The van der Waals surface area contributed by atoms with Crippen LogP contribution in [0.1, 0.15) is 45.1 Å². The average molecular weight is 359 g/mol. The van der Waals surface area contributed by atoms with Gasteiger partial charge in [-0.15, -0.1) is 0 Å². The number of ether oxygens (including phenoxy) is 2. The highest BCUT2D eigenvalue weighted by Gasteiger charge is 2.47. The van der Waals surface area contributed by atoms with E-state index in [0.717, 1.165) is 0 Å². The fourth-order valence-corrected chi connectivity index (χ4v) is 2.94. The summed E-state index contributed by atoms with van der Waals surface area (Å²) < 4.78 is 10.0. The molecule has 1 aliphatic heterocycles. The molecule has 26 heavy (non-hydrogen) atoms. The van der Waals surface area contributed by atoms with Gasteiger partial charge < -0.3 is 9.47 Å². The lowest BCUT2D eigenvalue weighted by Gasteiger charge is -2.29. The number of likely N-dealkylation sites (tertiary alicyclic amines) is 1. The molecule has 5 nitrogen and oxygen atoms in total. The number of nitrogens with zero attached hydrogens (tertiary/aromatic N) is 1. The Morgan fingerprint density at radius 1 is 1.27 bits per heavy atom. The smallest absolute Gasteiger partial charge is 0.330 e. The normalized spacial score (nSPS) is 21.3. The number of hydrogen-bond acceptors (Lipinski definition) is 5. The zero-order valence-corrected chi connectivity index (χ0v) is 16.2. The lowest BCUT2D eigenvalue weighted by molar-refractivity contribution is -0.148. The highest BCUT2D eigenvalue weighted by molar-refractivity contribution is 6.05. The number of likely N-dealkylation sites (N-methyl/N-ethyl adjacent to an activating group) is 1. The summed E-state index contributed by atoms with van der Waals surface area (Å²) in [5.74, 6) is -0.516. The molecule has 1 aromatic carbocycles. The van der Waals surface area contributed by atoms with Crippen LogP contribution in [0.4, 0.5) is 0 Å². The van der Waals surface area contributed by atoms with Gasteiger partial charge in [-0.25, -0.2) is 4.79 Å². The molecule has 0 bridgehead atoms. The average Bonchev–Trinajstić information content (AvgIpc) is 2.78. The van der Waals surface area contributed by atoms with Crippen molar-refractivity contribution in [3.05, 3.63) is 47.7 Å². The summed E-state index contributed by atoms with van der Waals surface area (Å²) in [6.45, 7) is 4.58. The second-order valence-electron chi connectivity index (χ2n) is 7.42. The minimum Gasteiger partial charge on any atom is -0.497 e. The van der Waals surface area contributed by atoms with Crippen LogP contribution in [0.15, 0.2) is 42.2 Å². The van der Waals surface area contributed by atoms with Crippen LogP contribution in [-0.2, 0) is 25.7 Å². The minimum atomic E-state index is -0.708. The highest BCUT2D eigenvalue weighted by Crippen LogP contribution is 2.29. The van der Waals surface area contributed by atoms with Gasteiger partial charge in [0.05, 0.1) is 13.4 Å². The molecule has 3 rings (SSSR count). The molecule has 1 aliphatic carbocycles. The predicted octanol–water partition coefficient (Wildman–Crippen LogP) is 3.48. The number of rotatable bonds is 4. The number of Topliss-reactive ketones (excluding diaryl/α,β-unsaturated/α-hetero) is 1. The predicted molar refractivity (Wildman–Crippen MR) is 100 cm³/mol. The maximum atomic E-state index is 11.5. The Hall–Kier alpha value is -2.14. The van der Waals surface area contributed by atoms with Gasteiger partial charge >= 0.3 is 5.97 Å². The summed E-state index contributed by atoms with van der Waals surface area (Å²) in [5.41, 5.74) is 2.45. The molecule has 1 saturated carbocycles. The molecule has 5 heteroatoms.